The van der Waals surface area contributed by atoms with Crippen LogP contribution in [-0.2, 0) is 19.1 Å². The largest absolute Gasteiger partial charge is 0.496 e. The molecule has 154 valence electrons. The highest BCUT2D eigenvalue weighted by Gasteiger charge is 2.37. The monoisotopic (exact) mass is 393 g/mol. The third-order valence-electron chi connectivity index (χ3n) is 5.03. The maximum absolute atomic E-state index is 14.7. The summed E-state index contributed by atoms with van der Waals surface area (Å²) in [6, 6.07) is -0.769. The number of imide groups is 1. The number of piperidine rings is 1. The molecule has 1 aliphatic heterocycles. The number of hydrogen-bond donors (Lipinski definition) is 2. The minimum Gasteiger partial charge on any atom is -0.496 e. The van der Waals surface area contributed by atoms with Gasteiger partial charge in [-0.25, -0.2) is 4.39 Å². The molecule has 0 aromatic rings. The van der Waals surface area contributed by atoms with Gasteiger partial charge in [0.05, 0.1) is 12.7 Å². The van der Waals surface area contributed by atoms with Crippen molar-refractivity contribution >= 4 is 17.7 Å². The summed E-state index contributed by atoms with van der Waals surface area (Å²) in [6.45, 7) is 3.85. The zero-order chi connectivity index (χ0) is 20.8. The van der Waals surface area contributed by atoms with Gasteiger partial charge in [0.25, 0.3) is 5.91 Å². The molecule has 1 unspecified atom stereocenters. The molecule has 7 nitrogen and oxygen atoms in total. The molecule has 2 aliphatic rings. The number of nitrogens with one attached hydrogen (secondary N) is 2. The molecule has 0 bridgehead atoms. The predicted octanol–water partition coefficient (Wildman–Crippen LogP) is 2.07. The van der Waals surface area contributed by atoms with Gasteiger partial charge in [0, 0.05) is 38.2 Å². The van der Waals surface area contributed by atoms with Crippen LogP contribution in [0.25, 0.3) is 0 Å². The van der Waals surface area contributed by atoms with E-state index in [9.17, 15) is 18.8 Å². The van der Waals surface area contributed by atoms with Crippen molar-refractivity contribution in [1.82, 2.24) is 15.5 Å². The summed E-state index contributed by atoms with van der Waals surface area (Å²) in [4.78, 5) is 38.8. The molecule has 8 heteroatoms. The van der Waals surface area contributed by atoms with Crippen molar-refractivity contribution in [2.75, 3.05) is 20.7 Å². The van der Waals surface area contributed by atoms with E-state index >= 15 is 0 Å². The van der Waals surface area contributed by atoms with E-state index in [1.807, 2.05) is 6.92 Å². The third kappa shape index (κ3) is 4.61. The summed E-state index contributed by atoms with van der Waals surface area (Å²) >= 11 is 0. The molecular weight excluding hydrogens is 365 g/mol. The second-order valence-electron chi connectivity index (χ2n) is 6.89. The minimum atomic E-state index is -0.769. The van der Waals surface area contributed by atoms with E-state index in [4.69, 9.17) is 4.74 Å². The first kappa shape index (κ1) is 21.7. The molecule has 0 aromatic heterocycles. The summed E-state index contributed by atoms with van der Waals surface area (Å²) in [5.74, 6) is -1.51. The lowest BCUT2D eigenvalue weighted by atomic mass is 9.99. The Morgan fingerprint density at radius 2 is 2.14 bits per heavy atom. The van der Waals surface area contributed by atoms with Crippen LogP contribution in [0.1, 0.15) is 46.0 Å². The number of methoxy groups -OCH3 is 1. The quantitative estimate of drug-likeness (QED) is 0.647. The van der Waals surface area contributed by atoms with Crippen LogP contribution in [-0.4, -0.2) is 49.4 Å². The molecular formula is C20H28FN3O4. The number of nitrogens with zero attached hydrogens (tertiary/aromatic N) is 1. The molecule has 1 saturated heterocycles. The highest BCUT2D eigenvalue weighted by Crippen LogP contribution is 2.31. The lowest BCUT2D eigenvalue weighted by Crippen LogP contribution is -2.55. The molecule has 3 amide bonds. The zero-order valence-electron chi connectivity index (χ0n) is 16.9. The van der Waals surface area contributed by atoms with Crippen molar-refractivity contribution < 1.29 is 23.5 Å². The van der Waals surface area contributed by atoms with Gasteiger partial charge >= 0.3 is 0 Å². The average Bonchev–Trinajstić information content (AvgIpc) is 2.79. The van der Waals surface area contributed by atoms with Crippen LogP contribution >= 0.6 is 0 Å². The Hall–Kier alpha value is -2.64. The third-order valence-corrected chi connectivity index (χ3v) is 5.03. The van der Waals surface area contributed by atoms with E-state index in [2.05, 4.69) is 10.6 Å². The lowest BCUT2D eigenvalue weighted by molar-refractivity contribution is -0.144. The highest BCUT2D eigenvalue weighted by molar-refractivity contribution is 6.05. The predicted molar refractivity (Wildman–Crippen MR) is 102 cm³/mol. The maximum Gasteiger partial charge on any atom is 0.258 e. The van der Waals surface area contributed by atoms with E-state index in [0.717, 1.165) is 6.42 Å². The Morgan fingerprint density at radius 1 is 1.43 bits per heavy atom. The van der Waals surface area contributed by atoms with Gasteiger partial charge in [0.1, 0.15) is 17.6 Å². The van der Waals surface area contributed by atoms with Crippen molar-refractivity contribution in [3.05, 3.63) is 34.5 Å². The van der Waals surface area contributed by atoms with Crippen LogP contribution in [0.5, 0.6) is 0 Å². The van der Waals surface area contributed by atoms with Crippen LogP contribution in [0.2, 0.25) is 0 Å². The Morgan fingerprint density at radius 3 is 2.71 bits per heavy atom. The van der Waals surface area contributed by atoms with E-state index in [0.29, 0.717) is 18.7 Å². The standard InChI is InChI=1S/C20H28FN3O4/c1-5-6-9-24(15-7-8-17(25)23-19(15)26)20(27)18-12(2)14(21)10-13(22-3)11-16(18)28-4/h11,15,22H,5-10H2,1-4H3,(H,23,25,26). The Bertz CT molecular complexity index is 755. The van der Waals surface area contributed by atoms with Gasteiger partial charge in [-0.05, 0) is 25.3 Å². The van der Waals surface area contributed by atoms with E-state index < -0.39 is 23.7 Å². The molecule has 0 spiro atoms. The van der Waals surface area contributed by atoms with Crippen LogP contribution < -0.4 is 10.6 Å². The number of allylic oxidation sites excluding steroid dienone is 2. The van der Waals surface area contributed by atoms with Crippen LogP contribution in [0.15, 0.2) is 34.5 Å². The number of halogens is 1. The van der Waals surface area contributed by atoms with Gasteiger partial charge in [0.15, 0.2) is 0 Å². The number of amides is 3. The normalized spacial score (nSPS) is 20.5. The number of carbonyl (C=O) groups is 3. The first-order chi connectivity index (χ1) is 13.3. The van der Waals surface area contributed by atoms with Crippen LogP contribution in [0, 0.1) is 0 Å². The summed E-state index contributed by atoms with van der Waals surface area (Å²) in [5, 5.41) is 5.19. The SMILES string of the molecule is CCCCN(C(=O)C1=C(OC)C=C(NC)CC(F)=C1C)C1CCC(=O)NC1=O. The molecule has 0 saturated carbocycles. The van der Waals surface area contributed by atoms with Crippen LogP contribution in [0.3, 0.4) is 0 Å². The van der Waals surface area contributed by atoms with Gasteiger partial charge in [-0.1, -0.05) is 13.3 Å². The first-order valence-corrected chi connectivity index (χ1v) is 9.50. The molecule has 0 aromatic carbocycles. The summed E-state index contributed by atoms with van der Waals surface area (Å²) in [5.41, 5.74) is 0.876. The second kappa shape index (κ2) is 9.52. The Labute approximate surface area is 164 Å². The number of rotatable bonds is 7. The molecule has 0 radical (unpaired) electrons. The fourth-order valence-corrected chi connectivity index (χ4v) is 3.34. The van der Waals surface area contributed by atoms with Crippen molar-refractivity contribution in [2.45, 2.75) is 52.0 Å². The van der Waals surface area contributed by atoms with E-state index in [1.54, 1.807) is 13.1 Å². The fourth-order valence-electron chi connectivity index (χ4n) is 3.34. The molecule has 1 aliphatic carbocycles. The Balaban J connectivity index is 2.49. The topological polar surface area (TPSA) is 87.7 Å². The van der Waals surface area contributed by atoms with Crippen LogP contribution in [0.4, 0.5) is 4.39 Å². The molecule has 2 rings (SSSR count). The van der Waals surface area contributed by atoms with Crippen molar-refractivity contribution in [3.8, 4) is 0 Å². The van der Waals surface area contributed by atoms with Crippen molar-refractivity contribution in [1.29, 1.82) is 0 Å². The number of ether oxygens (including phenoxy) is 1. The van der Waals surface area contributed by atoms with Crippen molar-refractivity contribution in [2.24, 2.45) is 0 Å². The highest BCUT2D eigenvalue weighted by atomic mass is 19.1. The molecule has 1 atom stereocenters. The van der Waals surface area contributed by atoms with Gasteiger partial charge < -0.3 is 15.0 Å². The van der Waals surface area contributed by atoms with E-state index in [1.165, 1.54) is 18.9 Å². The fraction of sp³-hybridized carbons (Fsp3) is 0.550. The second-order valence-corrected chi connectivity index (χ2v) is 6.89. The summed E-state index contributed by atoms with van der Waals surface area (Å²) in [6.07, 6.45) is 3.54. The summed E-state index contributed by atoms with van der Waals surface area (Å²) in [7, 11) is 3.09. The van der Waals surface area contributed by atoms with E-state index in [-0.39, 0.29) is 42.1 Å². The first-order valence-electron chi connectivity index (χ1n) is 9.50. The molecule has 1 heterocycles. The summed E-state index contributed by atoms with van der Waals surface area (Å²) < 4.78 is 20.1. The number of carbonyl (C=O) groups excluding carboxylic acids is 3. The number of hydrogen-bond acceptors (Lipinski definition) is 5. The number of unbranched alkanes of at least 4 members (excludes halogenated alkanes) is 1. The van der Waals surface area contributed by atoms with Gasteiger partial charge in [0.2, 0.25) is 11.8 Å². The minimum absolute atomic E-state index is 0.0271. The zero-order valence-corrected chi connectivity index (χ0v) is 16.9. The van der Waals surface area contributed by atoms with Gasteiger partial charge in [-0.2, -0.15) is 0 Å². The van der Waals surface area contributed by atoms with Gasteiger partial charge in [-0.15, -0.1) is 0 Å². The molecule has 2 N–H and O–H groups in total. The van der Waals surface area contributed by atoms with Crippen molar-refractivity contribution in [3.63, 3.8) is 0 Å². The smallest absolute Gasteiger partial charge is 0.258 e. The Kier molecular flexibility index (Phi) is 7.37. The lowest BCUT2D eigenvalue weighted by Gasteiger charge is -2.34. The molecule has 1 fully saturated rings. The maximum atomic E-state index is 14.7. The van der Waals surface area contributed by atoms with Gasteiger partial charge in [-0.3, -0.25) is 19.7 Å². The molecule has 28 heavy (non-hydrogen) atoms. The average molecular weight is 393 g/mol.